The number of hydrogen-bond acceptors (Lipinski definition) is 4. The number of nitrogens with zero attached hydrogens (tertiary/aromatic N) is 2. The van der Waals surface area contributed by atoms with Crippen molar-refractivity contribution in [1.29, 1.82) is 0 Å². The summed E-state index contributed by atoms with van der Waals surface area (Å²) in [6.07, 6.45) is 4.79. The lowest BCUT2D eigenvalue weighted by molar-refractivity contribution is 0.143. The molecule has 1 atom stereocenters. The maximum atomic E-state index is 5.38. The van der Waals surface area contributed by atoms with Crippen molar-refractivity contribution >= 4 is 17.3 Å². The SMILES string of the molecule is CCNC(=NCC1CCCN(Cc2cccs2)C1)NCCCCOCC. The molecule has 1 unspecified atom stereocenters. The van der Waals surface area contributed by atoms with Gasteiger partial charge in [0, 0.05) is 50.8 Å². The van der Waals surface area contributed by atoms with Crippen LogP contribution in [-0.2, 0) is 11.3 Å². The smallest absolute Gasteiger partial charge is 0.191 e. The van der Waals surface area contributed by atoms with Crippen LogP contribution in [0.15, 0.2) is 22.5 Å². The summed E-state index contributed by atoms with van der Waals surface area (Å²) in [6.45, 7) is 12.1. The summed E-state index contributed by atoms with van der Waals surface area (Å²) in [5, 5.41) is 8.99. The Morgan fingerprint density at radius 3 is 3.04 bits per heavy atom. The summed E-state index contributed by atoms with van der Waals surface area (Å²) < 4.78 is 5.38. The van der Waals surface area contributed by atoms with Gasteiger partial charge in [0.15, 0.2) is 5.96 Å². The molecule has 1 aliphatic heterocycles. The molecule has 26 heavy (non-hydrogen) atoms. The molecule has 2 N–H and O–H groups in total. The molecule has 6 heteroatoms. The van der Waals surface area contributed by atoms with Gasteiger partial charge in [0.2, 0.25) is 0 Å². The Bertz CT molecular complexity index is 492. The summed E-state index contributed by atoms with van der Waals surface area (Å²) in [5.74, 6) is 1.62. The molecule has 0 aromatic carbocycles. The highest BCUT2D eigenvalue weighted by atomic mass is 32.1. The standard InChI is InChI=1S/C20H36N4OS/c1-3-21-20(22-11-5-6-13-25-4-2)23-15-18-9-7-12-24(16-18)17-19-10-8-14-26-19/h8,10,14,18H,3-7,9,11-13,15-17H2,1-2H3,(H2,21,22,23). The molecule has 0 bridgehead atoms. The quantitative estimate of drug-likeness (QED) is 0.351. The van der Waals surface area contributed by atoms with Crippen molar-refractivity contribution in [1.82, 2.24) is 15.5 Å². The fraction of sp³-hybridized carbons (Fsp3) is 0.750. The second-order valence-corrected chi connectivity index (χ2v) is 7.91. The molecule has 0 spiro atoms. The average molecular weight is 381 g/mol. The second kappa shape index (κ2) is 13.1. The molecule has 5 nitrogen and oxygen atoms in total. The van der Waals surface area contributed by atoms with Crippen LogP contribution in [0.2, 0.25) is 0 Å². The average Bonchev–Trinajstić information content (AvgIpc) is 3.16. The molecule has 0 aliphatic carbocycles. The highest BCUT2D eigenvalue weighted by Crippen LogP contribution is 2.20. The number of likely N-dealkylation sites (tertiary alicyclic amines) is 1. The van der Waals surface area contributed by atoms with Crippen LogP contribution in [0.3, 0.4) is 0 Å². The van der Waals surface area contributed by atoms with Crippen LogP contribution >= 0.6 is 11.3 Å². The predicted octanol–water partition coefficient (Wildman–Crippen LogP) is 3.33. The van der Waals surface area contributed by atoms with Gasteiger partial charge in [-0.05, 0) is 63.4 Å². The number of piperidine rings is 1. The van der Waals surface area contributed by atoms with E-state index >= 15 is 0 Å². The van der Waals surface area contributed by atoms with E-state index in [-0.39, 0.29) is 0 Å². The molecule has 0 saturated carbocycles. The Hall–Kier alpha value is -1.11. The Balaban J connectivity index is 1.70. The molecule has 0 radical (unpaired) electrons. The minimum atomic E-state index is 0.664. The van der Waals surface area contributed by atoms with E-state index < -0.39 is 0 Å². The largest absolute Gasteiger partial charge is 0.382 e. The molecule has 0 amide bonds. The van der Waals surface area contributed by atoms with Crippen LogP contribution < -0.4 is 10.6 Å². The van der Waals surface area contributed by atoms with E-state index in [1.54, 1.807) is 0 Å². The summed E-state index contributed by atoms with van der Waals surface area (Å²) in [4.78, 5) is 8.90. The third-order valence-electron chi connectivity index (χ3n) is 4.63. The van der Waals surface area contributed by atoms with E-state index in [1.165, 1.54) is 24.3 Å². The van der Waals surface area contributed by atoms with E-state index in [0.717, 1.165) is 64.7 Å². The van der Waals surface area contributed by atoms with Crippen molar-refractivity contribution in [3.05, 3.63) is 22.4 Å². The van der Waals surface area contributed by atoms with Crippen LogP contribution in [-0.4, -0.2) is 56.8 Å². The van der Waals surface area contributed by atoms with Crippen LogP contribution in [0.5, 0.6) is 0 Å². The van der Waals surface area contributed by atoms with Gasteiger partial charge in [0.05, 0.1) is 0 Å². The molecule has 1 aromatic heterocycles. The van der Waals surface area contributed by atoms with E-state index in [0.29, 0.717) is 5.92 Å². The number of nitrogens with one attached hydrogen (secondary N) is 2. The third-order valence-corrected chi connectivity index (χ3v) is 5.49. The Kier molecular flexibility index (Phi) is 10.7. The number of ether oxygens (including phenoxy) is 1. The van der Waals surface area contributed by atoms with Crippen molar-refractivity contribution < 1.29 is 4.74 Å². The van der Waals surface area contributed by atoms with Gasteiger partial charge in [0.1, 0.15) is 0 Å². The maximum absolute atomic E-state index is 5.38. The zero-order valence-corrected chi connectivity index (χ0v) is 17.3. The van der Waals surface area contributed by atoms with Crippen molar-refractivity contribution in [3.8, 4) is 0 Å². The Morgan fingerprint density at radius 1 is 1.35 bits per heavy atom. The van der Waals surface area contributed by atoms with E-state index in [9.17, 15) is 0 Å². The van der Waals surface area contributed by atoms with E-state index in [2.05, 4.69) is 40.0 Å². The van der Waals surface area contributed by atoms with Crippen LogP contribution in [0.25, 0.3) is 0 Å². The molecule has 1 saturated heterocycles. The van der Waals surface area contributed by atoms with Crippen molar-refractivity contribution in [2.75, 3.05) is 45.9 Å². The van der Waals surface area contributed by atoms with Gasteiger partial charge in [0.25, 0.3) is 0 Å². The first-order valence-corrected chi connectivity index (χ1v) is 11.0. The Morgan fingerprint density at radius 2 is 2.27 bits per heavy atom. The highest BCUT2D eigenvalue weighted by Gasteiger charge is 2.20. The van der Waals surface area contributed by atoms with Gasteiger partial charge in [-0.15, -0.1) is 11.3 Å². The molecule has 1 fully saturated rings. The monoisotopic (exact) mass is 380 g/mol. The molecule has 2 heterocycles. The minimum Gasteiger partial charge on any atom is -0.382 e. The molecule has 148 valence electrons. The molecule has 1 aliphatic rings. The van der Waals surface area contributed by atoms with Crippen molar-refractivity contribution in [2.24, 2.45) is 10.9 Å². The van der Waals surface area contributed by atoms with Crippen LogP contribution in [0, 0.1) is 5.92 Å². The summed E-state index contributed by atoms with van der Waals surface area (Å²) in [5.41, 5.74) is 0. The number of guanidine groups is 1. The van der Waals surface area contributed by atoms with Gasteiger partial charge in [-0.25, -0.2) is 0 Å². The first kappa shape index (κ1) is 21.2. The highest BCUT2D eigenvalue weighted by molar-refractivity contribution is 7.09. The lowest BCUT2D eigenvalue weighted by Gasteiger charge is -2.31. The predicted molar refractivity (Wildman–Crippen MR) is 112 cm³/mol. The lowest BCUT2D eigenvalue weighted by Crippen LogP contribution is -2.39. The summed E-state index contributed by atoms with van der Waals surface area (Å²) in [7, 11) is 0. The van der Waals surface area contributed by atoms with Gasteiger partial charge in [-0.1, -0.05) is 6.07 Å². The first-order valence-electron chi connectivity index (χ1n) is 10.2. The van der Waals surface area contributed by atoms with Gasteiger partial charge in [-0.2, -0.15) is 0 Å². The van der Waals surface area contributed by atoms with Gasteiger partial charge < -0.3 is 15.4 Å². The molecule has 2 rings (SSSR count). The van der Waals surface area contributed by atoms with Crippen molar-refractivity contribution in [2.45, 2.75) is 46.1 Å². The van der Waals surface area contributed by atoms with Crippen molar-refractivity contribution in [3.63, 3.8) is 0 Å². The molecular formula is C20H36N4OS. The van der Waals surface area contributed by atoms with Gasteiger partial charge in [-0.3, -0.25) is 9.89 Å². The Labute approximate surface area is 163 Å². The summed E-state index contributed by atoms with van der Waals surface area (Å²) in [6, 6.07) is 4.39. The molecule has 1 aromatic rings. The summed E-state index contributed by atoms with van der Waals surface area (Å²) >= 11 is 1.86. The molecular weight excluding hydrogens is 344 g/mol. The fourth-order valence-corrected chi connectivity index (χ4v) is 4.06. The van der Waals surface area contributed by atoms with E-state index in [4.69, 9.17) is 9.73 Å². The van der Waals surface area contributed by atoms with Gasteiger partial charge >= 0.3 is 0 Å². The van der Waals surface area contributed by atoms with Crippen LogP contribution in [0.1, 0.15) is 44.4 Å². The fourth-order valence-electron chi connectivity index (χ4n) is 3.31. The second-order valence-electron chi connectivity index (χ2n) is 6.87. The third kappa shape index (κ3) is 8.52. The zero-order chi connectivity index (χ0) is 18.5. The first-order chi connectivity index (χ1) is 12.8. The number of unbranched alkanes of at least 4 members (excludes halogenated alkanes) is 1. The normalized spacial score (nSPS) is 18.8. The van der Waals surface area contributed by atoms with E-state index in [1.807, 2.05) is 18.3 Å². The minimum absolute atomic E-state index is 0.664. The van der Waals surface area contributed by atoms with Crippen LogP contribution in [0.4, 0.5) is 0 Å². The lowest BCUT2D eigenvalue weighted by atomic mass is 9.98. The number of rotatable bonds is 11. The number of aliphatic imine (C=N–C) groups is 1. The number of thiophene rings is 1. The maximum Gasteiger partial charge on any atom is 0.191 e. The zero-order valence-electron chi connectivity index (χ0n) is 16.5. The number of hydrogen-bond donors (Lipinski definition) is 2. The topological polar surface area (TPSA) is 48.9 Å².